The molecule has 3 heteroatoms. The number of hydrogen-bond acceptors (Lipinski definition) is 2. The Morgan fingerprint density at radius 2 is 1.88 bits per heavy atom. The van der Waals surface area contributed by atoms with Crippen LogP contribution >= 0.6 is 0 Å². The second-order valence-corrected chi connectivity index (χ2v) is 4.58. The number of carboxylic acids is 1. The van der Waals surface area contributed by atoms with Gasteiger partial charge in [-0.3, -0.25) is 4.79 Å². The number of hydrogen-bond donors (Lipinski definition) is 2. The third-order valence-corrected chi connectivity index (χ3v) is 3.00. The summed E-state index contributed by atoms with van der Waals surface area (Å²) in [4.78, 5) is 10.6. The molecule has 0 aromatic heterocycles. The second kappa shape index (κ2) is 6.94. The van der Waals surface area contributed by atoms with Gasteiger partial charge in [-0.25, -0.2) is 0 Å². The molecule has 1 unspecified atom stereocenters. The smallest absolute Gasteiger partial charge is 0.306 e. The van der Waals surface area contributed by atoms with Crippen LogP contribution in [0.4, 0.5) is 5.69 Å². The summed E-state index contributed by atoms with van der Waals surface area (Å²) in [7, 11) is 0. The lowest BCUT2D eigenvalue weighted by Crippen LogP contribution is -2.08. The molecular weight excluding hydrogens is 214 g/mol. The van der Waals surface area contributed by atoms with Crippen molar-refractivity contribution in [3.8, 4) is 0 Å². The molecule has 17 heavy (non-hydrogen) atoms. The van der Waals surface area contributed by atoms with E-state index in [2.05, 4.69) is 12.1 Å². The Morgan fingerprint density at radius 3 is 2.47 bits per heavy atom. The van der Waals surface area contributed by atoms with E-state index in [4.69, 9.17) is 10.8 Å². The average Bonchev–Trinajstić information content (AvgIpc) is 2.30. The van der Waals surface area contributed by atoms with Crippen LogP contribution < -0.4 is 5.73 Å². The Kier molecular flexibility index (Phi) is 5.53. The zero-order valence-electron chi connectivity index (χ0n) is 10.4. The fourth-order valence-corrected chi connectivity index (χ4v) is 1.76. The Labute approximate surface area is 103 Å². The maximum absolute atomic E-state index is 10.6. The lowest BCUT2D eigenvalue weighted by Gasteiger charge is -2.05. The molecule has 0 aliphatic carbocycles. The van der Waals surface area contributed by atoms with Crippen molar-refractivity contribution in [3.63, 3.8) is 0 Å². The van der Waals surface area contributed by atoms with Gasteiger partial charge in [-0.15, -0.1) is 0 Å². The third kappa shape index (κ3) is 5.38. The Bertz CT molecular complexity index is 346. The molecule has 1 aromatic carbocycles. The summed E-state index contributed by atoms with van der Waals surface area (Å²) >= 11 is 0. The number of anilines is 1. The van der Waals surface area contributed by atoms with Gasteiger partial charge in [0.15, 0.2) is 0 Å². The van der Waals surface area contributed by atoms with Gasteiger partial charge in [0.25, 0.3) is 0 Å². The maximum atomic E-state index is 10.6. The molecule has 0 bridgehead atoms. The monoisotopic (exact) mass is 235 g/mol. The molecule has 0 aliphatic rings. The van der Waals surface area contributed by atoms with E-state index in [1.54, 1.807) is 6.92 Å². The first kappa shape index (κ1) is 13.6. The first-order chi connectivity index (χ1) is 8.09. The van der Waals surface area contributed by atoms with Crippen LogP contribution in [0.2, 0.25) is 0 Å². The molecule has 0 fully saturated rings. The number of nitrogen functional groups attached to an aromatic ring is 1. The van der Waals surface area contributed by atoms with Crippen LogP contribution in [0.15, 0.2) is 24.3 Å². The van der Waals surface area contributed by atoms with Crippen molar-refractivity contribution in [2.24, 2.45) is 5.92 Å². The first-order valence-corrected chi connectivity index (χ1v) is 6.17. The van der Waals surface area contributed by atoms with E-state index >= 15 is 0 Å². The van der Waals surface area contributed by atoms with E-state index in [0.717, 1.165) is 37.8 Å². The highest BCUT2D eigenvalue weighted by Crippen LogP contribution is 2.13. The molecular formula is C14H21NO2. The number of unbranched alkanes of at least 4 members (excludes halogenated alkanes) is 2. The molecule has 0 amide bonds. The van der Waals surface area contributed by atoms with E-state index in [0.29, 0.717) is 0 Å². The number of nitrogens with two attached hydrogens (primary N) is 1. The van der Waals surface area contributed by atoms with Gasteiger partial charge in [0.2, 0.25) is 0 Å². The van der Waals surface area contributed by atoms with E-state index in [1.807, 2.05) is 12.1 Å². The van der Waals surface area contributed by atoms with Crippen molar-refractivity contribution in [3.05, 3.63) is 29.8 Å². The number of aliphatic carboxylic acids is 1. The maximum Gasteiger partial charge on any atom is 0.306 e. The standard InChI is InChI=1S/C14H21NO2/c1-11(14(16)17)5-3-2-4-6-12-7-9-13(15)10-8-12/h7-11H,2-6,15H2,1H3,(H,16,17). The van der Waals surface area contributed by atoms with E-state index in [1.165, 1.54) is 5.56 Å². The highest BCUT2D eigenvalue weighted by atomic mass is 16.4. The van der Waals surface area contributed by atoms with E-state index < -0.39 is 5.97 Å². The highest BCUT2D eigenvalue weighted by Gasteiger charge is 2.09. The lowest BCUT2D eigenvalue weighted by molar-refractivity contribution is -0.141. The van der Waals surface area contributed by atoms with Crippen molar-refractivity contribution in [1.29, 1.82) is 0 Å². The fraction of sp³-hybridized carbons (Fsp3) is 0.500. The topological polar surface area (TPSA) is 63.3 Å². The minimum atomic E-state index is -0.691. The van der Waals surface area contributed by atoms with Gasteiger partial charge < -0.3 is 10.8 Å². The number of carboxylic acid groups (broad SMARTS) is 1. The van der Waals surface area contributed by atoms with Crippen LogP contribution in [-0.2, 0) is 11.2 Å². The molecule has 1 rings (SSSR count). The van der Waals surface area contributed by atoms with E-state index in [9.17, 15) is 4.79 Å². The summed E-state index contributed by atoms with van der Waals surface area (Å²) in [6.07, 6.45) is 5.00. The van der Waals surface area contributed by atoms with Gasteiger partial charge in [-0.1, -0.05) is 31.9 Å². The summed E-state index contributed by atoms with van der Waals surface area (Å²) in [6, 6.07) is 7.94. The van der Waals surface area contributed by atoms with Gasteiger partial charge >= 0.3 is 5.97 Å². The molecule has 0 radical (unpaired) electrons. The zero-order chi connectivity index (χ0) is 12.7. The summed E-state index contributed by atoms with van der Waals surface area (Å²) < 4.78 is 0. The highest BCUT2D eigenvalue weighted by molar-refractivity contribution is 5.69. The third-order valence-electron chi connectivity index (χ3n) is 3.00. The number of aryl methyl sites for hydroxylation is 1. The minimum absolute atomic E-state index is 0.216. The molecule has 0 spiro atoms. The Hall–Kier alpha value is -1.51. The summed E-state index contributed by atoms with van der Waals surface area (Å²) in [5, 5.41) is 8.73. The first-order valence-electron chi connectivity index (χ1n) is 6.17. The average molecular weight is 235 g/mol. The van der Waals surface area contributed by atoms with Crippen LogP contribution in [-0.4, -0.2) is 11.1 Å². The number of carbonyl (C=O) groups is 1. The van der Waals surface area contributed by atoms with Gasteiger partial charge in [0, 0.05) is 5.69 Å². The Balaban J connectivity index is 2.12. The molecule has 1 aromatic rings. The minimum Gasteiger partial charge on any atom is -0.481 e. The van der Waals surface area contributed by atoms with Gasteiger partial charge in [-0.2, -0.15) is 0 Å². The molecule has 0 saturated carbocycles. The zero-order valence-corrected chi connectivity index (χ0v) is 10.4. The van der Waals surface area contributed by atoms with E-state index in [-0.39, 0.29) is 5.92 Å². The van der Waals surface area contributed by atoms with Crippen LogP contribution in [0.3, 0.4) is 0 Å². The van der Waals surface area contributed by atoms with Gasteiger partial charge in [0.1, 0.15) is 0 Å². The second-order valence-electron chi connectivity index (χ2n) is 4.58. The van der Waals surface area contributed by atoms with Crippen molar-refractivity contribution in [2.75, 3.05) is 5.73 Å². The van der Waals surface area contributed by atoms with Crippen LogP contribution in [0, 0.1) is 5.92 Å². The molecule has 0 aliphatic heterocycles. The summed E-state index contributed by atoms with van der Waals surface area (Å²) in [6.45, 7) is 1.77. The quantitative estimate of drug-likeness (QED) is 0.564. The van der Waals surface area contributed by atoms with Crippen LogP contribution in [0.25, 0.3) is 0 Å². The predicted molar refractivity (Wildman–Crippen MR) is 69.8 cm³/mol. The predicted octanol–water partition coefficient (Wildman–Crippen LogP) is 3.09. The lowest BCUT2D eigenvalue weighted by atomic mass is 10.0. The SMILES string of the molecule is CC(CCCCCc1ccc(N)cc1)C(=O)O. The molecule has 3 N–H and O–H groups in total. The van der Waals surface area contributed by atoms with Gasteiger partial charge in [0.05, 0.1) is 5.92 Å². The largest absolute Gasteiger partial charge is 0.481 e. The Morgan fingerprint density at radius 1 is 1.24 bits per heavy atom. The van der Waals surface area contributed by atoms with Crippen LogP contribution in [0.1, 0.15) is 38.2 Å². The number of benzene rings is 1. The number of rotatable bonds is 7. The molecule has 3 nitrogen and oxygen atoms in total. The van der Waals surface area contributed by atoms with Crippen molar-refractivity contribution < 1.29 is 9.90 Å². The molecule has 0 saturated heterocycles. The van der Waals surface area contributed by atoms with Crippen molar-refractivity contribution >= 4 is 11.7 Å². The van der Waals surface area contributed by atoms with Crippen molar-refractivity contribution in [1.82, 2.24) is 0 Å². The fourth-order valence-electron chi connectivity index (χ4n) is 1.76. The molecule has 0 heterocycles. The molecule has 1 atom stereocenters. The summed E-state index contributed by atoms with van der Waals surface area (Å²) in [5.41, 5.74) is 7.70. The van der Waals surface area contributed by atoms with Gasteiger partial charge in [-0.05, 0) is 37.0 Å². The summed E-state index contributed by atoms with van der Waals surface area (Å²) in [5.74, 6) is -0.907. The van der Waals surface area contributed by atoms with Crippen LogP contribution in [0.5, 0.6) is 0 Å². The van der Waals surface area contributed by atoms with Crippen molar-refractivity contribution in [2.45, 2.75) is 39.0 Å². The molecule has 94 valence electrons. The normalized spacial score (nSPS) is 12.3.